The summed E-state index contributed by atoms with van der Waals surface area (Å²) < 4.78 is 10.5. The van der Waals surface area contributed by atoms with E-state index in [1.165, 1.54) is 0 Å². The fourth-order valence-corrected chi connectivity index (χ4v) is 3.22. The summed E-state index contributed by atoms with van der Waals surface area (Å²) in [6, 6.07) is 9.62. The number of carbonyl (C=O) groups excluding carboxylic acids is 2. The van der Waals surface area contributed by atoms with Crippen molar-refractivity contribution in [2.45, 2.75) is 26.4 Å². The van der Waals surface area contributed by atoms with E-state index in [9.17, 15) is 9.59 Å². The number of esters is 1. The predicted molar refractivity (Wildman–Crippen MR) is 80.0 cm³/mol. The van der Waals surface area contributed by atoms with Gasteiger partial charge in [0.15, 0.2) is 0 Å². The Kier molecular flexibility index (Phi) is 4.05. The standard InChI is InChI=1S/C17H21NO4/c1-2-21-15(19)17-8-9-18(11-14(17)10-17)16(20)22-12-13-6-4-3-5-7-13/h3-7,14H,2,8-12H2,1H3/t14-,17+/m0/s1. The Morgan fingerprint density at radius 1 is 1.27 bits per heavy atom. The lowest BCUT2D eigenvalue weighted by atomic mass is 9.95. The molecule has 2 atom stereocenters. The van der Waals surface area contributed by atoms with Crippen LogP contribution in [0.1, 0.15) is 25.3 Å². The second kappa shape index (κ2) is 5.99. The van der Waals surface area contributed by atoms with E-state index in [4.69, 9.17) is 9.47 Å². The number of carbonyl (C=O) groups is 2. The van der Waals surface area contributed by atoms with Crippen molar-refractivity contribution >= 4 is 12.1 Å². The molecule has 1 saturated heterocycles. The number of piperidine rings is 1. The van der Waals surface area contributed by atoms with E-state index < -0.39 is 0 Å². The summed E-state index contributed by atoms with van der Waals surface area (Å²) in [5, 5.41) is 0. The Bertz CT molecular complexity index is 559. The topological polar surface area (TPSA) is 55.8 Å². The van der Waals surface area contributed by atoms with Gasteiger partial charge in [0.2, 0.25) is 0 Å². The second-order valence-corrected chi connectivity index (χ2v) is 6.01. The second-order valence-electron chi connectivity index (χ2n) is 6.01. The van der Waals surface area contributed by atoms with Crippen LogP contribution in [0.2, 0.25) is 0 Å². The highest BCUT2D eigenvalue weighted by molar-refractivity contribution is 5.81. The highest BCUT2D eigenvalue weighted by Gasteiger charge is 2.63. The zero-order chi connectivity index (χ0) is 15.6. The van der Waals surface area contributed by atoms with Crippen LogP contribution < -0.4 is 0 Å². The lowest BCUT2D eigenvalue weighted by molar-refractivity contribution is -0.151. The Morgan fingerprint density at radius 3 is 2.73 bits per heavy atom. The summed E-state index contributed by atoms with van der Waals surface area (Å²) >= 11 is 0. The van der Waals surface area contributed by atoms with E-state index >= 15 is 0 Å². The third-order valence-corrected chi connectivity index (χ3v) is 4.65. The van der Waals surface area contributed by atoms with Crippen LogP contribution in [0.3, 0.4) is 0 Å². The molecule has 1 aromatic rings. The van der Waals surface area contributed by atoms with E-state index in [1.54, 1.807) is 4.90 Å². The molecule has 0 radical (unpaired) electrons. The summed E-state index contributed by atoms with van der Waals surface area (Å²) in [6.45, 7) is 3.66. The molecule has 1 aliphatic carbocycles. The Morgan fingerprint density at radius 2 is 2.05 bits per heavy atom. The van der Waals surface area contributed by atoms with Gasteiger partial charge < -0.3 is 14.4 Å². The largest absolute Gasteiger partial charge is 0.466 e. The van der Waals surface area contributed by atoms with Crippen molar-refractivity contribution in [3.63, 3.8) is 0 Å². The number of fused-ring (bicyclic) bond motifs is 1. The van der Waals surface area contributed by atoms with E-state index in [0.29, 0.717) is 26.1 Å². The summed E-state index contributed by atoms with van der Waals surface area (Å²) in [7, 11) is 0. The maximum atomic E-state index is 12.1. The van der Waals surface area contributed by atoms with Crippen molar-refractivity contribution in [1.29, 1.82) is 0 Å². The highest BCUT2D eigenvalue weighted by atomic mass is 16.6. The van der Waals surface area contributed by atoms with Gasteiger partial charge in [-0.3, -0.25) is 4.79 Å². The number of hydrogen-bond donors (Lipinski definition) is 0. The molecule has 0 bridgehead atoms. The number of rotatable bonds is 4. The van der Waals surface area contributed by atoms with Crippen molar-refractivity contribution < 1.29 is 19.1 Å². The van der Waals surface area contributed by atoms with Gasteiger partial charge in [0, 0.05) is 13.1 Å². The summed E-state index contributed by atoms with van der Waals surface area (Å²) in [4.78, 5) is 25.8. The van der Waals surface area contributed by atoms with Gasteiger partial charge in [-0.25, -0.2) is 4.79 Å². The van der Waals surface area contributed by atoms with Crippen molar-refractivity contribution in [3.05, 3.63) is 35.9 Å². The van der Waals surface area contributed by atoms with E-state index in [1.807, 2.05) is 37.3 Å². The first kappa shape index (κ1) is 14.9. The maximum absolute atomic E-state index is 12.1. The average Bonchev–Trinajstić information content (AvgIpc) is 3.29. The van der Waals surface area contributed by atoms with Crippen LogP contribution in [0, 0.1) is 11.3 Å². The fraction of sp³-hybridized carbons (Fsp3) is 0.529. The van der Waals surface area contributed by atoms with Gasteiger partial charge >= 0.3 is 12.1 Å². The van der Waals surface area contributed by atoms with Gasteiger partial charge in [0.25, 0.3) is 0 Å². The van der Waals surface area contributed by atoms with Gasteiger partial charge in [-0.1, -0.05) is 30.3 Å². The third kappa shape index (κ3) is 2.80. The zero-order valence-electron chi connectivity index (χ0n) is 12.8. The minimum atomic E-state index is -0.327. The smallest absolute Gasteiger partial charge is 0.410 e. The zero-order valence-corrected chi connectivity index (χ0v) is 12.8. The van der Waals surface area contributed by atoms with Gasteiger partial charge in [0.05, 0.1) is 12.0 Å². The van der Waals surface area contributed by atoms with Crippen LogP contribution in [-0.2, 0) is 20.9 Å². The molecule has 22 heavy (non-hydrogen) atoms. The lowest BCUT2D eigenvalue weighted by Crippen LogP contribution is -2.42. The maximum Gasteiger partial charge on any atom is 0.410 e. The Hall–Kier alpha value is -2.04. The molecule has 2 fully saturated rings. The monoisotopic (exact) mass is 303 g/mol. The fourth-order valence-electron chi connectivity index (χ4n) is 3.22. The molecule has 0 unspecified atom stereocenters. The Balaban J connectivity index is 1.50. The van der Waals surface area contributed by atoms with Crippen LogP contribution in [0.4, 0.5) is 4.79 Å². The molecule has 1 aliphatic heterocycles. The molecule has 3 rings (SSSR count). The van der Waals surface area contributed by atoms with Crippen molar-refractivity contribution in [3.8, 4) is 0 Å². The first-order chi connectivity index (χ1) is 10.7. The van der Waals surface area contributed by atoms with Gasteiger partial charge in [0.1, 0.15) is 6.61 Å². The van der Waals surface area contributed by atoms with Crippen LogP contribution in [-0.4, -0.2) is 36.7 Å². The van der Waals surface area contributed by atoms with Crippen LogP contribution in [0.5, 0.6) is 0 Å². The first-order valence-corrected chi connectivity index (χ1v) is 7.78. The highest BCUT2D eigenvalue weighted by Crippen LogP contribution is 2.58. The van der Waals surface area contributed by atoms with Crippen LogP contribution >= 0.6 is 0 Å². The number of nitrogens with zero attached hydrogens (tertiary/aromatic N) is 1. The average molecular weight is 303 g/mol. The predicted octanol–water partition coefficient (Wildman–Crippen LogP) is 2.60. The molecule has 0 N–H and O–H groups in total. The van der Waals surface area contributed by atoms with Crippen molar-refractivity contribution in [1.82, 2.24) is 4.90 Å². The third-order valence-electron chi connectivity index (χ3n) is 4.65. The summed E-state index contributed by atoms with van der Waals surface area (Å²) in [5.41, 5.74) is 0.645. The molecule has 1 saturated carbocycles. The van der Waals surface area contributed by atoms with E-state index in [2.05, 4.69) is 0 Å². The minimum absolute atomic E-state index is 0.0997. The number of hydrogen-bond acceptors (Lipinski definition) is 4. The van der Waals surface area contributed by atoms with Crippen molar-refractivity contribution in [2.75, 3.05) is 19.7 Å². The van der Waals surface area contributed by atoms with Gasteiger partial charge in [-0.2, -0.15) is 0 Å². The van der Waals surface area contributed by atoms with Gasteiger partial charge in [-0.05, 0) is 31.2 Å². The molecular formula is C17H21NO4. The van der Waals surface area contributed by atoms with Gasteiger partial charge in [-0.15, -0.1) is 0 Å². The molecule has 1 aromatic carbocycles. The quantitative estimate of drug-likeness (QED) is 0.802. The van der Waals surface area contributed by atoms with E-state index in [-0.39, 0.29) is 30.0 Å². The SMILES string of the molecule is CCOC(=O)[C@@]12CCN(C(=O)OCc3ccccc3)C[C@@H]1C2. The molecule has 5 nitrogen and oxygen atoms in total. The molecule has 1 heterocycles. The van der Waals surface area contributed by atoms with Crippen LogP contribution in [0.25, 0.3) is 0 Å². The molecular weight excluding hydrogens is 282 g/mol. The van der Waals surface area contributed by atoms with E-state index in [0.717, 1.165) is 12.0 Å². The first-order valence-electron chi connectivity index (χ1n) is 7.78. The van der Waals surface area contributed by atoms with Crippen LogP contribution in [0.15, 0.2) is 30.3 Å². The number of ether oxygens (including phenoxy) is 2. The number of likely N-dealkylation sites (tertiary alicyclic amines) is 1. The minimum Gasteiger partial charge on any atom is -0.466 e. The summed E-state index contributed by atoms with van der Waals surface area (Å²) in [5.74, 6) is 0.127. The molecule has 0 spiro atoms. The number of benzene rings is 1. The van der Waals surface area contributed by atoms with Crippen molar-refractivity contribution in [2.24, 2.45) is 11.3 Å². The molecule has 1 amide bonds. The Labute approximate surface area is 130 Å². The molecule has 2 aliphatic rings. The number of amides is 1. The normalized spacial score (nSPS) is 26.0. The molecule has 118 valence electrons. The lowest BCUT2D eigenvalue weighted by Gasteiger charge is -2.29. The molecule has 0 aromatic heterocycles. The molecule has 5 heteroatoms. The summed E-state index contributed by atoms with van der Waals surface area (Å²) in [6.07, 6.45) is 1.21.